The SMILES string of the molecule is COc1ccc(NC(=O)c2sc(-c3ccsc3)nc2C)cc1NC(=O)c1cccc(F)c1. The first-order chi connectivity index (χ1) is 15.4. The van der Waals surface area contributed by atoms with Gasteiger partial charge in [-0.15, -0.1) is 11.3 Å². The fourth-order valence-corrected chi connectivity index (χ4v) is 4.69. The van der Waals surface area contributed by atoms with E-state index in [4.69, 9.17) is 4.74 Å². The summed E-state index contributed by atoms with van der Waals surface area (Å²) in [6.45, 7) is 1.79. The Morgan fingerprint density at radius 3 is 2.62 bits per heavy atom. The second kappa shape index (κ2) is 9.29. The van der Waals surface area contributed by atoms with Crippen molar-refractivity contribution in [1.82, 2.24) is 4.98 Å². The highest BCUT2D eigenvalue weighted by molar-refractivity contribution is 7.17. The number of rotatable bonds is 6. The van der Waals surface area contributed by atoms with Gasteiger partial charge < -0.3 is 15.4 Å². The summed E-state index contributed by atoms with van der Waals surface area (Å²) in [4.78, 5) is 30.4. The maximum atomic E-state index is 13.4. The van der Waals surface area contributed by atoms with Crippen molar-refractivity contribution in [2.24, 2.45) is 0 Å². The fourth-order valence-electron chi connectivity index (χ4n) is 3.01. The lowest BCUT2D eigenvalue weighted by Crippen LogP contribution is -2.14. The fraction of sp³-hybridized carbons (Fsp3) is 0.0870. The largest absolute Gasteiger partial charge is 0.495 e. The summed E-state index contributed by atoms with van der Waals surface area (Å²) in [5.41, 5.74) is 2.60. The molecule has 0 saturated carbocycles. The number of nitrogens with zero attached hydrogens (tertiary/aromatic N) is 1. The van der Waals surface area contributed by atoms with E-state index in [0.29, 0.717) is 27.7 Å². The van der Waals surface area contributed by atoms with E-state index in [1.54, 1.807) is 36.5 Å². The minimum Gasteiger partial charge on any atom is -0.495 e. The van der Waals surface area contributed by atoms with E-state index in [-0.39, 0.29) is 11.5 Å². The number of hydrogen-bond donors (Lipinski definition) is 2. The number of carbonyl (C=O) groups excluding carboxylic acids is 2. The smallest absolute Gasteiger partial charge is 0.267 e. The van der Waals surface area contributed by atoms with E-state index >= 15 is 0 Å². The van der Waals surface area contributed by atoms with Crippen molar-refractivity contribution in [2.75, 3.05) is 17.7 Å². The molecule has 0 atom stereocenters. The molecule has 0 aliphatic carbocycles. The van der Waals surface area contributed by atoms with Gasteiger partial charge in [0.25, 0.3) is 11.8 Å². The normalized spacial score (nSPS) is 10.6. The summed E-state index contributed by atoms with van der Waals surface area (Å²) in [5, 5.41) is 10.3. The zero-order valence-corrected chi connectivity index (χ0v) is 18.8. The number of hydrogen-bond acceptors (Lipinski definition) is 6. The molecule has 2 aromatic carbocycles. The van der Waals surface area contributed by atoms with Crippen LogP contribution in [0.1, 0.15) is 25.7 Å². The van der Waals surface area contributed by atoms with Crippen molar-refractivity contribution >= 4 is 45.9 Å². The summed E-state index contributed by atoms with van der Waals surface area (Å²) in [6, 6.07) is 12.2. The predicted octanol–water partition coefficient (Wildman–Crippen LogP) is 5.83. The molecule has 0 fully saturated rings. The zero-order chi connectivity index (χ0) is 22.7. The molecule has 0 saturated heterocycles. The third kappa shape index (κ3) is 4.68. The first-order valence-electron chi connectivity index (χ1n) is 9.51. The van der Waals surface area contributed by atoms with E-state index < -0.39 is 11.7 Å². The average Bonchev–Trinajstić information content (AvgIpc) is 3.44. The molecule has 0 bridgehead atoms. The van der Waals surface area contributed by atoms with E-state index in [9.17, 15) is 14.0 Å². The molecule has 9 heteroatoms. The zero-order valence-electron chi connectivity index (χ0n) is 17.1. The molecular weight excluding hydrogens is 449 g/mol. The molecule has 162 valence electrons. The molecule has 2 N–H and O–H groups in total. The van der Waals surface area contributed by atoms with Gasteiger partial charge in [-0.1, -0.05) is 6.07 Å². The van der Waals surface area contributed by atoms with Crippen LogP contribution in [0.15, 0.2) is 59.3 Å². The topological polar surface area (TPSA) is 80.3 Å². The summed E-state index contributed by atoms with van der Waals surface area (Å²) in [7, 11) is 1.47. The summed E-state index contributed by atoms with van der Waals surface area (Å²) in [5.74, 6) is -0.895. The molecule has 0 unspecified atom stereocenters. The number of thiazole rings is 1. The van der Waals surface area contributed by atoms with Gasteiger partial charge in [0.1, 0.15) is 21.5 Å². The second-order valence-corrected chi connectivity index (χ2v) is 8.56. The van der Waals surface area contributed by atoms with Gasteiger partial charge in [-0.2, -0.15) is 11.3 Å². The number of carbonyl (C=O) groups is 2. The molecule has 0 radical (unpaired) electrons. The Labute approximate surface area is 191 Å². The quantitative estimate of drug-likeness (QED) is 0.374. The number of nitrogens with one attached hydrogen (secondary N) is 2. The van der Waals surface area contributed by atoms with Crippen molar-refractivity contribution in [2.45, 2.75) is 6.92 Å². The van der Waals surface area contributed by atoms with Crippen LogP contribution in [-0.4, -0.2) is 23.9 Å². The molecule has 0 aliphatic heterocycles. The minimum atomic E-state index is -0.507. The van der Waals surface area contributed by atoms with Gasteiger partial charge in [0, 0.05) is 22.2 Å². The van der Waals surface area contributed by atoms with Crippen molar-refractivity contribution in [1.29, 1.82) is 0 Å². The molecule has 4 aromatic rings. The van der Waals surface area contributed by atoms with Crippen molar-refractivity contribution < 1.29 is 18.7 Å². The van der Waals surface area contributed by atoms with Crippen LogP contribution in [0.3, 0.4) is 0 Å². The molecule has 0 spiro atoms. The Morgan fingerprint density at radius 1 is 1.06 bits per heavy atom. The molecule has 32 heavy (non-hydrogen) atoms. The molecule has 4 rings (SSSR count). The Kier molecular flexibility index (Phi) is 6.29. The summed E-state index contributed by atoms with van der Waals surface area (Å²) < 4.78 is 18.8. The van der Waals surface area contributed by atoms with E-state index in [1.165, 1.54) is 36.6 Å². The lowest BCUT2D eigenvalue weighted by atomic mass is 10.2. The average molecular weight is 468 g/mol. The molecule has 0 aliphatic rings. The number of anilines is 2. The maximum absolute atomic E-state index is 13.4. The summed E-state index contributed by atoms with van der Waals surface area (Å²) in [6.07, 6.45) is 0. The van der Waals surface area contributed by atoms with Crippen molar-refractivity contribution in [3.63, 3.8) is 0 Å². The number of aromatic nitrogens is 1. The van der Waals surface area contributed by atoms with Crippen LogP contribution in [0.5, 0.6) is 5.75 Å². The third-order valence-electron chi connectivity index (χ3n) is 4.56. The number of methoxy groups -OCH3 is 1. The monoisotopic (exact) mass is 467 g/mol. The predicted molar refractivity (Wildman–Crippen MR) is 125 cm³/mol. The molecule has 2 aromatic heterocycles. The lowest BCUT2D eigenvalue weighted by Gasteiger charge is -2.13. The van der Waals surface area contributed by atoms with E-state index in [1.807, 2.05) is 16.8 Å². The van der Waals surface area contributed by atoms with Gasteiger partial charge >= 0.3 is 0 Å². The second-order valence-electron chi connectivity index (χ2n) is 6.78. The molecule has 2 amide bonds. The van der Waals surface area contributed by atoms with Crippen LogP contribution < -0.4 is 15.4 Å². The lowest BCUT2D eigenvalue weighted by molar-refractivity contribution is 0.102. The molecule has 6 nitrogen and oxygen atoms in total. The molecular formula is C23H18FN3O3S2. The van der Waals surface area contributed by atoms with Gasteiger partial charge in [-0.05, 0) is 54.8 Å². The van der Waals surface area contributed by atoms with E-state index in [0.717, 1.165) is 16.6 Å². The van der Waals surface area contributed by atoms with Crippen LogP contribution in [0.25, 0.3) is 10.6 Å². The van der Waals surface area contributed by atoms with Crippen LogP contribution in [0, 0.1) is 12.7 Å². The minimum absolute atomic E-state index is 0.169. The summed E-state index contributed by atoms with van der Waals surface area (Å²) >= 11 is 2.89. The number of aryl methyl sites for hydroxylation is 1. The number of amides is 2. The number of halogens is 1. The van der Waals surface area contributed by atoms with Gasteiger partial charge in [-0.3, -0.25) is 9.59 Å². The Bertz CT molecular complexity index is 1290. The van der Waals surface area contributed by atoms with Crippen molar-refractivity contribution in [3.05, 3.63) is 81.2 Å². The number of ether oxygens (including phenoxy) is 1. The Balaban J connectivity index is 1.55. The van der Waals surface area contributed by atoms with Gasteiger partial charge in [0.2, 0.25) is 0 Å². The first kappa shape index (κ1) is 21.7. The highest BCUT2D eigenvalue weighted by atomic mass is 32.1. The number of thiophene rings is 1. The van der Waals surface area contributed by atoms with Gasteiger partial charge in [0.15, 0.2) is 0 Å². The third-order valence-corrected chi connectivity index (χ3v) is 6.45. The highest BCUT2D eigenvalue weighted by Gasteiger charge is 2.18. The Hall–Kier alpha value is -3.56. The van der Waals surface area contributed by atoms with E-state index in [2.05, 4.69) is 15.6 Å². The number of benzene rings is 2. The van der Waals surface area contributed by atoms with Crippen molar-refractivity contribution in [3.8, 4) is 16.3 Å². The van der Waals surface area contributed by atoms with Crippen LogP contribution in [0.4, 0.5) is 15.8 Å². The molecule has 2 heterocycles. The van der Waals surface area contributed by atoms with Crippen LogP contribution in [0.2, 0.25) is 0 Å². The maximum Gasteiger partial charge on any atom is 0.267 e. The first-order valence-corrected chi connectivity index (χ1v) is 11.3. The Morgan fingerprint density at radius 2 is 1.91 bits per heavy atom. The highest BCUT2D eigenvalue weighted by Crippen LogP contribution is 2.31. The standard InChI is InChI=1S/C23H18FN3O3S2/c1-13-20(32-23(25-13)15-8-9-31-12-15)22(29)26-17-6-7-19(30-2)18(11-17)27-21(28)14-4-3-5-16(24)10-14/h3-12H,1-2H3,(H,26,29)(H,27,28). The van der Waals surface area contributed by atoms with Gasteiger partial charge in [0.05, 0.1) is 18.5 Å². The van der Waals surface area contributed by atoms with Crippen LogP contribution >= 0.6 is 22.7 Å². The van der Waals surface area contributed by atoms with Crippen LogP contribution in [-0.2, 0) is 0 Å². The van der Waals surface area contributed by atoms with Gasteiger partial charge in [-0.25, -0.2) is 9.37 Å².